The molecule has 3 nitrogen and oxygen atoms in total. The maximum Gasteiger partial charge on any atom is 0.0728 e. The molecule has 1 heterocycles. The minimum atomic E-state index is 0.666. The molecule has 1 aliphatic rings. The molecule has 0 amide bonds. The van der Waals surface area contributed by atoms with Crippen molar-refractivity contribution in [3.8, 4) is 0 Å². The van der Waals surface area contributed by atoms with Gasteiger partial charge < -0.3 is 5.32 Å². The van der Waals surface area contributed by atoms with Crippen LogP contribution >= 0.6 is 0 Å². The Balaban J connectivity index is 1.90. The van der Waals surface area contributed by atoms with E-state index in [1.165, 1.54) is 24.9 Å². The lowest BCUT2D eigenvalue weighted by Crippen LogP contribution is -2.14. The van der Waals surface area contributed by atoms with Gasteiger partial charge in [0.15, 0.2) is 0 Å². The molecule has 78 valence electrons. The average molecular weight is 193 g/mol. The normalized spacial score (nSPS) is 26.7. The number of nitrogens with one attached hydrogen (secondary N) is 1. The highest BCUT2D eigenvalue weighted by Gasteiger charge is 2.21. The van der Waals surface area contributed by atoms with Gasteiger partial charge in [-0.3, -0.25) is 4.68 Å². The van der Waals surface area contributed by atoms with Crippen LogP contribution in [0.3, 0.4) is 0 Å². The number of hydrogen-bond acceptors (Lipinski definition) is 2. The quantitative estimate of drug-likeness (QED) is 0.799. The first-order valence-corrected chi connectivity index (χ1v) is 5.57. The van der Waals surface area contributed by atoms with E-state index >= 15 is 0 Å². The van der Waals surface area contributed by atoms with E-state index in [4.69, 9.17) is 0 Å². The van der Waals surface area contributed by atoms with Crippen LogP contribution in [0.4, 0.5) is 5.69 Å². The highest BCUT2D eigenvalue weighted by Crippen LogP contribution is 2.27. The van der Waals surface area contributed by atoms with Crippen LogP contribution in [0.5, 0.6) is 0 Å². The summed E-state index contributed by atoms with van der Waals surface area (Å²) in [6.45, 7) is 5.38. The summed E-state index contributed by atoms with van der Waals surface area (Å²) in [5.41, 5.74) is 1.17. The fourth-order valence-electron chi connectivity index (χ4n) is 2.18. The highest BCUT2D eigenvalue weighted by atomic mass is 15.3. The van der Waals surface area contributed by atoms with E-state index in [1.54, 1.807) is 0 Å². The lowest BCUT2D eigenvalue weighted by molar-refractivity contribution is 0.602. The Morgan fingerprint density at radius 1 is 1.57 bits per heavy atom. The monoisotopic (exact) mass is 193 g/mol. The van der Waals surface area contributed by atoms with Gasteiger partial charge in [0.05, 0.1) is 11.9 Å². The van der Waals surface area contributed by atoms with Crippen LogP contribution in [0.2, 0.25) is 0 Å². The van der Waals surface area contributed by atoms with Crippen molar-refractivity contribution in [1.82, 2.24) is 9.78 Å². The molecule has 1 aliphatic carbocycles. The molecule has 1 N–H and O–H groups in total. The van der Waals surface area contributed by atoms with Crippen LogP contribution in [0, 0.1) is 5.92 Å². The van der Waals surface area contributed by atoms with Gasteiger partial charge in [0.2, 0.25) is 0 Å². The number of nitrogens with zero attached hydrogens (tertiary/aromatic N) is 2. The van der Waals surface area contributed by atoms with Gasteiger partial charge in [0, 0.05) is 18.8 Å². The molecule has 0 unspecified atom stereocenters. The molecular formula is C11H19N3. The van der Waals surface area contributed by atoms with Crippen LogP contribution in [-0.4, -0.2) is 15.8 Å². The predicted octanol–water partition coefficient (Wildman–Crippen LogP) is 2.50. The Morgan fingerprint density at radius 2 is 2.43 bits per heavy atom. The summed E-state index contributed by atoms with van der Waals surface area (Å²) in [6, 6.07) is 0.666. The lowest BCUT2D eigenvalue weighted by atomic mass is 10.1. The second-order valence-corrected chi connectivity index (χ2v) is 4.34. The predicted molar refractivity (Wildman–Crippen MR) is 58.3 cm³/mol. The summed E-state index contributed by atoms with van der Waals surface area (Å²) in [6.07, 6.45) is 7.98. The average Bonchev–Trinajstić information content (AvgIpc) is 2.76. The third-order valence-electron chi connectivity index (χ3n) is 3.02. The van der Waals surface area contributed by atoms with Crippen LogP contribution in [0.25, 0.3) is 0 Å². The first-order valence-electron chi connectivity index (χ1n) is 5.57. The molecule has 0 spiro atoms. The van der Waals surface area contributed by atoms with Crippen molar-refractivity contribution in [3.05, 3.63) is 12.4 Å². The molecule has 0 saturated heterocycles. The largest absolute Gasteiger partial charge is 0.380 e. The number of hydrogen-bond donors (Lipinski definition) is 1. The van der Waals surface area contributed by atoms with E-state index in [9.17, 15) is 0 Å². The van der Waals surface area contributed by atoms with E-state index in [-0.39, 0.29) is 0 Å². The van der Waals surface area contributed by atoms with E-state index in [2.05, 4.69) is 30.5 Å². The fourth-order valence-corrected chi connectivity index (χ4v) is 2.18. The molecule has 3 heteroatoms. The molecular weight excluding hydrogens is 174 g/mol. The van der Waals surface area contributed by atoms with E-state index in [1.807, 2.05) is 10.9 Å². The Bertz CT molecular complexity index is 292. The van der Waals surface area contributed by atoms with Crippen molar-refractivity contribution >= 4 is 5.69 Å². The molecule has 14 heavy (non-hydrogen) atoms. The zero-order valence-electron chi connectivity index (χ0n) is 9.03. The maximum absolute atomic E-state index is 4.25. The number of aromatic nitrogens is 2. The summed E-state index contributed by atoms with van der Waals surface area (Å²) >= 11 is 0. The molecule has 2 rings (SSSR count). The molecule has 0 bridgehead atoms. The Hall–Kier alpha value is -0.990. The van der Waals surface area contributed by atoms with Crippen molar-refractivity contribution in [2.24, 2.45) is 5.92 Å². The van der Waals surface area contributed by atoms with Crippen molar-refractivity contribution in [2.75, 3.05) is 5.32 Å². The second-order valence-electron chi connectivity index (χ2n) is 4.34. The lowest BCUT2D eigenvalue weighted by Gasteiger charge is -2.11. The van der Waals surface area contributed by atoms with Gasteiger partial charge >= 0.3 is 0 Å². The smallest absolute Gasteiger partial charge is 0.0728 e. The standard InChI is InChI=1S/C11H19N3/c1-3-14-8-11(7-12-14)13-10-5-4-9(2)6-10/h7-10,13H,3-6H2,1-2H3/t9-,10-/m1/s1. The number of aryl methyl sites for hydroxylation is 1. The van der Waals surface area contributed by atoms with Gasteiger partial charge in [-0.15, -0.1) is 0 Å². The van der Waals surface area contributed by atoms with Crippen molar-refractivity contribution < 1.29 is 0 Å². The summed E-state index contributed by atoms with van der Waals surface area (Å²) in [4.78, 5) is 0. The van der Waals surface area contributed by atoms with Gasteiger partial charge in [-0.2, -0.15) is 5.10 Å². The highest BCUT2D eigenvalue weighted by molar-refractivity contribution is 5.39. The van der Waals surface area contributed by atoms with Gasteiger partial charge in [0.25, 0.3) is 0 Å². The first kappa shape index (κ1) is 9.56. The Kier molecular flexibility index (Phi) is 2.75. The molecule has 1 aromatic heterocycles. The van der Waals surface area contributed by atoms with Crippen molar-refractivity contribution in [2.45, 2.75) is 45.7 Å². The van der Waals surface area contributed by atoms with Crippen LogP contribution in [-0.2, 0) is 6.54 Å². The second kappa shape index (κ2) is 4.03. The zero-order chi connectivity index (χ0) is 9.97. The molecule has 0 radical (unpaired) electrons. The van der Waals surface area contributed by atoms with Crippen LogP contribution < -0.4 is 5.32 Å². The van der Waals surface area contributed by atoms with E-state index < -0.39 is 0 Å². The van der Waals surface area contributed by atoms with Gasteiger partial charge in [-0.05, 0) is 32.1 Å². The number of rotatable bonds is 3. The van der Waals surface area contributed by atoms with Gasteiger partial charge in [0.1, 0.15) is 0 Å². The molecule has 1 saturated carbocycles. The summed E-state index contributed by atoms with van der Waals surface area (Å²) in [5, 5.41) is 7.79. The zero-order valence-corrected chi connectivity index (χ0v) is 9.03. The van der Waals surface area contributed by atoms with Gasteiger partial charge in [-0.25, -0.2) is 0 Å². The third-order valence-corrected chi connectivity index (χ3v) is 3.02. The van der Waals surface area contributed by atoms with Gasteiger partial charge in [-0.1, -0.05) is 6.92 Å². The fraction of sp³-hybridized carbons (Fsp3) is 0.727. The van der Waals surface area contributed by atoms with Crippen molar-refractivity contribution in [3.63, 3.8) is 0 Å². The summed E-state index contributed by atoms with van der Waals surface area (Å²) in [7, 11) is 0. The first-order chi connectivity index (χ1) is 6.78. The number of anilines is 1. The topological polar surface area (TPSA) is 29.9 Å². The minimum absolute atomic E-state index is 0.666. The molecule has 0 aliphatic heterocycles. The molecule has 1 aromatic rings. The minimum Gasteiger partial charge on any atom is -0.380 e. The maximum atomic E-state index is 4.25. The summed E-state index contributed by atoms with van der Waals surface area (Å²) < 4.78 is 1.96. The summed E-state index contributed by atoms with van der Waals surface area (Å²) in [5.74, 6) is 0.883. The van der Waals surface area contributed by atoms with E-state index in [0.29, 0.717) is 6.04 Å². The molecule has 1 fully saturated rings. The third kappa shape index (κ3) is 2.08. The van der Waals surface area contributed by atoms with Crippen LogP contribution in [0.15, 0.2) is 12.4 Å². The Morgan fingerprint density at radius 3 is 3.00 bits per heavy atom. The Labute approximate surface area is 85.5 Å². The van der Waals surface area contributed by atoms with Crippen LogP contribution in [0.1, 0.15) is 33.1 Å². The van der Waals surface area contributed by atoms with Crippen molar-refractivity contribution in [1.29, 1.82) is 0 Å². The SMILES string of the molecule is CCn1cc(N[C@@H]2CC[C@@H](C)C2)cn1. The molecule has 0 aromatic carbocycles. The molecule has 2 atom stereocenters. The van der Waals surface area contributed by atoms with E-state index in [0.717, 1.165) is 12.5 Å².